The van der Waals surface area contributed by atoms with Crippen LogP contribution >= 0.6 is 0 Å². The molecular formula is C13H13FN2O3. The Morgan fingerprint density at radius 3 is 3.11 bits per heavy atom. The summed E-state index contributed by atoms with van der Waals surface area (Å²) in [6.45, 7) is 0.444. The summed E-state index contributed by atoms with van der Waals surface area (Å²) >= 11 is 0. The van der Waals surface area contributed by atoms with E-state index in [1.807, 2.05) is 0 Å². The molecule has 2 amide bonds. The molecule has 2 aliphatic rings. The minimum Gasteiger partial charge on any atom is -0.488 e. The second kappa shape index (κ2) is 4.53. The van der Waals surface area contributed by atoms with E-state index in [2.05, 4.69) is 5.32 Å². The summed E-state index contributed by atoms with van der Waals surface area (Å²) in [5.74, 6) is 0.0724. The molecule has 100 valence electrons. The van der Waals surface area contributed by atoms with Gasteiger partial charge in [0, 0.05) is 12.0 Å². The number of halogens is 1. The van der Waals surface area contributed by atoms with Crippen LogP contribution in [0.4, 0.5) is 4.39 Å². The zero-order valence-corrected chi connectivity index (χ0v) is 10.2. The van der Waals surface area contributed by atoms with Crippen molar-refractivity contribution in [2.24, 2.45) is 0 Å². The van der Waals surface area contributed by atoms with Crippen molar-refractivity contribution < 1.29 is 18.7 Å². The Bertz CT molecular complexity index is 547. The topological polar surface area (TPSA) is 58.6 Å². The van der Waals surface area contributed by atoms with Crippen molar-refractivity contribution in [3.05, 3.63) is 29.6 Å². The van der Waals surface area contributed by atoms with Crippen molar-refractivity contribution in [2.45, 2.75) is 12.5 Å². The first-order valence-corrected chi connectivity index (χ1v) is 6.11. The summed E-state index contributed by atoms with van der Waals surface area (Å²) in [7, 11) is 0. The molecule has 0 aromatic heterocycles. The van der Waals surface area contributed by atoms with Gasteiger partial charge in [0.1, 0.15) is 17.7 Å². The molecule has 3 rings (SSSR count). The van der Waals surface area contributed by atoms with Gasteiger partial charge in [0.2, 0.25) is 11.8 Å². The van der Waals surface area contributed by atoms with Crippen LogP contribution in [0.1, 0.15) is 5.56 Å². The Labute approximate surface area is 109 Å². The molecule has 1 aromatic carbocycles. The van der Waals surface area contributed by atoms with E-state index in [9.17, 15) is 14.0 Å². The maximum Gasteiger partial charge on any atom is 0.242 e. The number of carbonyl (C=O) groups excluding carboxylic acids is 2. The van der Waals surface area contributed by atoms with E-state index in [4.69, 9.17) is 4.74 Å². The third-order valence-corrected chi connectivity index (χ3v) is 3.31. The van der Waals surface area contributed by atoms with Crippen LogP contribution in [0.5, 0.6) is 5.75 Å². The summed E-state index contributed by atoms with van der Waals surface area (Å²) in [4.78, 5) is 24.4. The number of hydrogen-bond acceptors (Lipinski definition) is 3. The lowest BCUT2D eigenvalue weighted by Gasteiger charge is -2.28. The van der Waals surface area contributed by atoms with Crippen molar-refractivity contribution in [1.29, 1.82) is 0 Å². The Kier molecular flexibility index (Phi) is 2.85. The highest BCUT2D eigenvalue weighted by atomic mass is 19.1. The van der Waals surface area contributed by atoms with Gasteiger partial charge in [-0.05, 0) is 18.2 Å². The minimum absolute atomic E-state index is 0.0349. The molecule has 0 radical (unpaired) electrons. The molecule has 1 atom stereocenters. The fourth-order valence-electron chi connectivity index (χ4n) is 2.41. The highest BCUT2D eigenvalue weighted by Gasteiger charge is 2.30. The van der Waals surface area contributed by atoms with E-state index >= 15 is 0 Å². The normalized spacial score (nSPS) is 21.9. The number of ether oxygens (including phenoxy) is 1. The quantitative estimate of drug-likeness (QED) is 0.823. The molecule has 2 heterocycles. The number of benzene rings is 1. The van der Waals surface area contributed by atoms with Gasteiger partial charge in [-0.2, -0.15) is 0 Å². The number of nitrogens with zero attached hydrogens (tertiary/aromatic N) is 1. The maximum atomic E-state index is 13.1. The standard InChI is InChI=1S/C13H13FN2O3/c14-9-1-2-11-8(3-9)4-10(19-11)6-16-7-12(17)15-5-13(16)18/h1-3,10H,4-7H2,(H,15,17). The number of piperazine rings is 1. The second-order valence-electron chi connectivity index (χ2n) is 4.75. The van der Waals surface area contributed by atoms with Crippen molar-refractivity contribution in [2.75, 3.05) is 19.6 Å². The van der Waals surface area contributed by atoms with Crippen LogP contribution in [0, 0.1) is 5.82 Å². The van der Waals surface area contributed by atoms with Gasteiger partial charge in [0.25, 0.3) is 0 Å². The summed E-state index contributed by atoms with van der Waals surface area (Å²) in [5, 5.41) is 2.49. The fourth-order valence-corrected chi connectivity index (χ4v) is 2.41. The van der Waals surface area contributed by atoms with E-state index in [0.717, 1.165) is 5.56 Å². The molecule has 0 spiro atoms. The van der Waals surface area contributed by atoms with Crippen molar-refractivity contribution in [3.8, 4) is 5.75 Å². The van der Waals surface area contributed by atoms with Crippen LogP contribution in [-0.4, -0.2) is 42.5 Å². The third kappa shape index (κ3) is 2.38. The van der Waals surface area contributed by atoms with E-state index in [0.29, 0.717) is 18.7 Å². The summed E-state index contributed by atoms with van der Waals surface area (Å²) < 4.78 is 18.7. The first kappa shape index (κ1) is 12.0. The Morgan fingerprint density at radius 2 is 2.26 bits per heavy atom. The molecule has 1 aromatic rings. The van der Waals surface area contributed by atoms with Gasteiger partial charge < -0.3 is 15.0 Å². The summed E-state index contributed by atoms with van der Waals surface area (Å²) in [6.07, 6.45) is 0.338. The van der Waals surface area contributed by atoms with E-state index < -0.39 is 0 Å². The molecule has 1 unspecified atom stereocenters. The minimum atomic E-state index is -0.295. The van der Waals surface area contributed by atoms with Gasteiger partial charge in [-0.1, -0.05) is 0 Å². The number of fused-ring (bicyclic) bond motifs is 1. The van der Waals surface area contributed by atoms with Gasteiger partial charge in [-0.15, -0.1) is 0 Å². The lowest BCUT2D eigenvalue weighted by molar-refractivity contribution is -0.141. The third-order valence-electron chi connectivity index (χ3n) is 3.31. The van der Waals surface area contributed by atoms with Gasteiger partial charge >= 0.3 is 0 Å². The highest BCUT2D eigenvalue weighted by Crippen LogP contribution is 2.29. The highest BCUT2D eigenvalue weighted by molar-refractivity contribution is 5.92. The Hall–Kier alpha value is -2.11. The van der Waals surface area contributed by atoms with Crippen LogP contribution in [0.25, 0.3) is 0 Å². The number of rotatable bonds is 2. The van der Waals surface area contributed by atoms with Crippen LogP contribution in [0.15, 0.2) is 18.2 Å². The van der Waals surface area contributed by atoms with Crippen molar-refractivity contribution in [1.82, 2.24) is 10.2 Å². The molecular weight excluding hydrogens is 251 g/mol. The predicted octanol–water partition coefficient (Wildman–Crippen LogP) is 0.0876. The molecule has 2 aliphatic heterocycles. The molecule has 0 bridgehead atoms. The number of nitrogens with one attached hydrogen (secondary N) is 1. The molecule has 19 heavy (non-hydrogen) atoms. The van der Waals surface area contributed by atoms with Gasteiger partial charge in [0.05, 0.1) is 19.6 Å². The Balaban J connectivity index is 1.67. The lowest BCUT2D eigenvalue weighted by Crippen LogP contribution is -2.53. The van der Waals surface area contributed by atoms with Crippen LogP contribution in [0.3, 0.4) is 0 Å². The monoisotopic (exact) mass is 264 g/mol. The van der Waals surface area contributed by atoms with Crippen molar-refractivity contribution in [3.63, 3.8) is 0 Å². The van der Waals surface area contributed by atoms with Gasteiger partial charge in [0.15, 0.2) is 0 Å². The van der Waals surface area contributed by atoms with E-state index in [1.165, 1.54) is 17.0 Å². The van der Waals surface area contributed by atoms with Crippen LogP contribution in [0.2, 0.25) is 0 Å². The Morgan fingerprint density at radius 1 is 1.42 bits per heavy atom. The van der Waals surface area contributed by atoms with Crippen LogP contribution in [-0.2, 0) is 16.0 Å². The fraction of sp³-hybridized carbons (Fsp3) is 0.385. The SMILES string of the molecule is O=C1CN(CC2Cc3cc(F)ccc3O2)C(=O)CN1. The average Bonchev–Trinajstić information content (AvgIpc) is 2.75. The maximum absolute atomic E-state index is 13.1. The first-order valence-electron chi connectivity index (χ1n) is 6.11. The van der Waals surface area contributed by atoms with E-state index in [1.54, 1.807) is 6.07 Å². The summed E-state index contributed by atoms with van der Waals surface area (Å²) in [5.41, 5.74) is 0.805. The molecule has 1 saturated heterocycles. The molecule has 1 fully saturated rings. The molecule has 5 nitrogen and oxygen atoms in total. The summed E-state index contributed by atoms with van der Waals surface area (Å²) in [6, 6.07) is 4.39. The van der Waals surface area contributed by atoms with Gasteiger partial charge in [-0.25, -0.2) is 4.39 Å². The zero-order chi connectivity index (χ0) is 13.4. The first-order chi connectivity index (χ1) is 9.11. The predicted molar refractivity (Wildman–Crippen MR) is 64.1 cm³/mol. The second-order valence-corrected chi connectivity index (χ2v) is 4.75. The zero-order valence-electron chi connectivity index (χ0n) is 10.2. The number of amides is 2. The van der Waals surface area contributed by atoms with E-state index in [-0.39, 0.29) is 36.8 Å². The largest absolute Gasteiger partial charge is 0.488 e. The molecule has 6 heteroatoms. The molecule has 0 saturated carbocycles. The average molecular weight is 264 g/mol. The lowest BCUT2D eigenvalue weighted by atomic mass is 10.1. The van der Waals surface area contributed by atoms with Gasteiger partial charge in [-0.3, -0.25) is 9.59 Å². The molecule has 0 aliphatic carbocycles. The van der Waals surface area contributed by atoms with Crippen LogP contribution < -0.4 is 10.1 Å². The number of carbonyl (C=O) groups is 2. The smallest absolute Gasteiger partial charge is 0.242 e. The van der Waals surface area contributed by atoms with Crippen molar-refractivity contribution >= 4 is 11.8 Å². The molecule has 1 N–H and O–H groups in total. The number of hydrogen-bond donors (Lipinski definition) is 1.